The summed E-state index contributed by atoms with van der Waals surface area (Å²) in [6.45, 7) is 3.57. The second-order valence-corrected chi connectivity index (χ2v) is 6.85. The molecule has 9 heteroatoms. The molecule has 0 aliphatic heterocycles. The van der Waals surface area contributed by atoms with Crippen molar-refractivity contribution in [3.8, 4) is 0 Å². The van der Waals surface area contributed by atoms with Gasteiger partial charge in [0.05, 0.1) is 9.82 Å². The van der Waals surface area contributed by atoms with Gasteiger partial charge in [0.15, 0.2) is 0 Å². The van der Waals surface area contributed by atoms with Gasteiger partial charge in [-0.25, -0.2) is 13.1 Å². The van der Waals surface area contributed by atoms with Crippen LogP contribution in [-0.2, 0) is 10.0 Å². The van der Waals surface area contributed by atoms with E-state index in [0.29, 0.717) is 11.5 Å². The second kappa shape index (κ2) is 5.58. The number of sulfonamides is 1. The number of nitrogen functional groups attached to an aromatic ring is 1. The Labute approximate surface area is 122 Å². The maximum atomic E-state index is 12.4. The zero-order valence-corrected chi connectivity index (χ0v) is 12.6. The average molecular weight is 314 g/mol. The highest BCUT2D eigenvalue weighted by molar-refractivity contribution is 7.89. The van der Waals surface area contributed by atoms with Crippen LogP contribution in [-0.4, -0.2) is 19.4 Å². The Bertz CT molecular complexity index is 674. The van der Waals surface area contributed by atoms with Crippen LogP contribution in [0.5, 0.6) is 0 Å². The summed E-state index contributed by atoms with van der Waals surface area (Å²) in [6, 6.07) is 2.32. The van der Waals surface area contributed by atoms with Gasteiger partial charge in [-0.05, 0) is 30.9 Å². The van der Waals surface area contributed by atoms with Crippen LogP contribution in [0.15, 0.2) is 17.0 Å². The number of rotatable bonds is 6. The molecule has 2 rings (SSSR count). The molecule has 1 saturated carbocycles. The third-order valence-electron chi connectivity index (χ3n) is 3.69. The van der Waals surface area contributed by atoms with Gasteiger partial charge in [0.2, 0.25) is 10.0 Å². The molecule has 0 spiro atoms. The van der Waals surface area contributed by atoms with Gasteiger partial charge in [0, 0.05) is 12.1 Å². The zero-order chi connectivity index (χ0) is 15.8. The molecule has 8 nitrogen and oxygen atoms in total. The largest absolute Gasteiger partial charge is 0.318 e. The van der Waals surface area contributed by atoms with Crippen LogP contribution in [0.3, 0.4) is 0 Å². The molecule has 1 fully saturated rings. The van der Waals surface area contributed by atoms with E-state index in [1.54, 1.807) is 6.92 Å². The number of hydrogen-bond acceptors (Lipinski definition) is 6. The Morgan fingerprint density at radius 2 is 2.14 bits per heavy atom. The van der Waals surface area contributed by atoms with Gasteiger partial charge in [0.25, 0.3) is 5.69 Å². The van der Waals surface area contributed by atoms with Gasteiger partial charge in [-0.15, -0.1) is 0 Å². The van der Waals surface area contributed by atoms with E-state index < -0.39 is 14.9 Å². The normalized spacial score (nSPS) is 21.1. The lowest BCUT2D eigenvalue weighted by Crippen LogP contribution is -2.28. The van der Waals surface area contributed by atoms with Crippen LogP contribution in [0.2, 0.25) is 0 Å². The summed E-state index contributed by atoms with van der Waals surface area (Å²) in [4.78, 5) is 10.2. The molecular formula is C12H18N4O4S. The third-order valence-corrected chi connectivity index (χ3v) is 5.32. The molecule has 0 saturated heterocycles. The van der Waals surface area contributed by atoms with E-state index in [1.807, 2.05) is 6.92 Å². The first-order chi connectivity index (χ1) is 9.80. The van der Waals surface area contributed by atoms with E-state index >= 15 is 0 Å². The SMILES string of the molecule is CCC1CC1NS(=O)(=O)c1cc([N+](=O)[O-])c(NN)cc1C. The van der Waals surface area contributed by atoms with Gasteiger partial charge >= 0.3 is 0 Å². The number of hydrogen-bond donors (Lipinski definition) is 3. The molecular weight excluding hydrogens is 296 g/mol. The standard InChI is InChI=1S/C12H18N4O4S/c1-3-8-5-9(8)15-21(19,20)12-6-11(16(17)18)10(14-13)4-7(12)2/h4,6,8-9,14-15H,3,5,13H2,1-2H3. The number of benzene rings is 1. The summed E-state index contributed by atoms with van der Waals surface area (Å²) in [5.74, 6) is 5.57. The highest BCUT2D eigenvalue weighted by atomic mass is 32.2. The Morgan fingerprint density at radius 1 is 1.48 bits per heavy atom. The maximum Gasteiger partial charge on any atom is 0.295 e. The minimum atomic E-state index is -3.77. The van der Waals surface area contributed by atoms with Crippen molar-refractivity contribution in [1.82, 2.24) is 4.72 Å². The number of nitro benzene ring substituents is 1. The van der Waals surface area contributed by atoms with Crippen molar-refractivity contribution in [2.75, 3.05) is 5.43 Å². The van der Waals surface area contributed by atoms with Crippen LogP contribution in [0, 0.1) is 23.0 Å². The fraction of sp³-hybridized carbons (Fsp3) is 0.500. The maximum absolute atomic E-state index is 12.4. The molecule has 0 radical (unpaired) electrons. The van der Waals surface area contributed by atoms with Crippen LogP contribution < -0.4 is 16.0 Å². The van der Waals surface area contributed by atoms with Crippen molar-refractivity contribution in [2.45, 2.75) is 37.6 Å². The van der Waals surface area contributed by atoms with Crippen molar-refractivity contribution in [2.24, 2.45) is 11.8 Å². The average Bonchev–Trinajstić information content (AvgIpc) is 3.14. The van der Waals surface area contributed by atoms with E-state index in [2.05, 4.69) is 10.1 Å². The molecule has 0 amide bonds. The van der Waals surface area contributed by atoms with E-state index in [4.69, 9.17) is 5.84 Å². The minimum Gasteiger partial charge on any atom is -0.318 e. The van der Waals surface area contributed by atoms with Crippen molar-refractivity contribution in [3.05, 3.63) is 27.8 Å². The number of nitrogens with zero attached hydrogens (tertiary/aromatic N) is 1. The molecule has 1 aromatic carbocycles. The number of hydrazine groups is 1. The lowest BCUT2D eigenvalue weighted by molar-refractivity contribution is -0.384. The molecule has 0 heterocycles. The van der Waals surface area contributed by atoms with E-state index in [-0.39, 0.29) is 22.3 Å². The Hall–Kier alpha value is -1.71. The molecule has 116 valence electrons. The first-order valence-electron chi connectivity index (χ1n) is 6.58. The minimum absolute atomic E-state index is 0.0780. The molecule has 0 bridgehead atoms. The smallest absolute Gasteiger partial charge is 0.295 e. The van der Waals surface area contributed by atoms with Gasteiger partial charge in [-0.3, -0.25) is 16.0 Å². The fourth-order valence-corrected chi connectivity index (χ4v) is 3.90. The zero-order valence-electron chi connectivity index (χ0n) is 11.8. The summed E-state index contributed by atoms with van der Waals surface area (Å²) >= 11 is 0. The van der Waals surface area contributed by atoms with Gasteiger partial charge in [-0.1, -0.05) is 13.3 Å². The molecule has 4 N–H and O–H groups in total. The molecule has 1 aromatic rings. The molecule has 2 atom stereocenters. The third kappa shape index (κ3) is 3.14. The van der Waals surface area contributed by atoms with E-state index in [1.165, 1.54) is 6.07 Å². The molecule has 21 heavy (non-hydrogen) atoms. The van der Waals surface area contributed by atoms with Gasteiger partial charge in [-0.2, -0.15) is 0 Å². The second-order valence-electron chi connectivity index (χ2n) is 5.17. The Morgan fingerprint density at radius 3 is 2.62 bits per heavy atom. The van der Waals surface area contributed by atoms with E-state index in [0.717, 1.165) is 18.9 Å². The lowest BCUT2D eigenvalue weighted by Gasteiger charge is -2.11. The number of aryl methyl sites for hydroxylation is 1. The summed E-state index contributed by atoms with van der Waals surface area (Å²) in [7, 11) is -3.77. The monoisotopic (exact) mass is 314 g/mol. The first-order valence-corrected chi connectivity index (χ1v) is 8.06. The van der Waals surface area contributed by atoms with Gasteiger partial charge < -0.3 is 5.43 Å². The number of nitrogens with two attached hydrogens (primary N) is 1. The predicted octanol–water partition coefficient (Wildman–Crippen LogP) is 1.27. The highest BCUT2D eigenvalue weighted by Gasteiger charge is 2.39. The molecule has 1 aliphatic rings. The van der Waals surface area contributed by atoms with Gasteiger partial charge in [0.1, 0.15) is 5.69 Å². The molecule has 0 aromatic heterocycles. The summed E-state index contributed by atoms with van der Waals surface area (Å²) in [5, 5.41) is 11.0. The highest BCUT2D eigenvalue weighted by Crippen LogP contribution is 2.36. The van der Waals surface area contributed by atoms with Crippen molar-refractivity contribution in [3.63, 3.8) is 0 Å². The first kappa shape index (κ1) is 15.7. The predicted molar refractivity (Wildman–Crippen MR) is 78.2 cm³/mol. The molecule has 2 unspecified atom stereocenters. The summed E-state index contributed by atoms with van der Waals surface area (Å²) in [6.07, 6.45) is 1.71. The van der Waals surface area contributed by atoms with Crippen molar-refractivity contribution >= 4 is 21.4 Å². The number of anilines is 1. The van der Waals surface area contributed by atoms with E-state index in [9.17, 15) is 18.5 Å². The van der Waals surface area contributed by atoms with Crippen LogP contribution in [0.4, 0.5) is 11.4 Å². The topological polar surface area (TPSA) is 127 Å². The Balaban J connectivity index is 2.39. The van der Waals surface area contributed by atoms with Crippen LogP contribution >= 0.6 is 0 Å². The quantitative estimate of drug-likeness (QED) is 0.412. The Kier molecular flexibility index (Phi) is 4.17. The lowest BCUT2D eigenvalue weighted by atomic mass is 10.2. The fourth-order valence-electron chi connectivity index (χ4n) is 2.34. The van der Waals surface area contributed by atoms with Crippen molar-refractivity contribution in [1.29, 1.82) is 0 Å². The number of nitrogens with one attached hydrogen (secondary N) is 2. The summed E-state index contributed by atoms with van der Waals surface area (Å²) < 4.78 is 27.3. The summed E-state index contributed by atoms with van der Waals surface area (Å²) in [5.41, 5.74) is 2.32. The van der Waals surface area contributed by atoms with Crippen LogP contribution in [0.1, 0.15) is 25.3 Å². The number of nitro groups is 1. The van der Waals surface area contributed by atoms with Crippen molar-refractivity contribution < 1.29 is 13.3 Å². The van der Waals surface area contributed by atoms with Crippen LogP contribution in [0.25, 0.3) is 0 Å². The molecule has 1 aliphatic carbocycles.